The van der Waals surface area contributed by atoms with Gasteiger partial charge >= 0.3 is 6.09 Å². The van der Waals surface area contributed by atoms with Crippen LogP contribution in [0, 0.1) is 0 Å². The number of hydrogen-bond acceptors (Lipinski definition) is 5. The smallest absolute Gasteiger partial charge is 0.410 e. The molecule has 0 spiro atoms. The van der Waals surface area contributed by atoms with Crippen molar-refractivity contribution in [1.29, 1.82) is 0 Å². The highest BCUT2D eigenvalue weighted by atomic mass is 16.6. The summed E-state index contributed by atoms with van der Waals surface area (Å²) in [5, 5.41) is 0. The van der Waals surface area contributed by atoms with E-state index in [-0.39, 0.29) is 18.5 Å². The van der Waals surface area contributed by atoms with Crippen molar-refractivity contribution in [2.24, 2.45) is 0 Å². The van der Waals surface area contributed by atoms with Gasteiger partial charge in [0.05, 0.1) is 6.04 Å². The van der Waals surface area contributed by atoms with E-state index in [0.29, 0.717) is 19.8 Å². The van der Waals surface area contributed by atoms with Gasteiger partial charge in [-0.1, -0.05) is 6.07 Å². The van der Waals surface area contributed by atoms with Crippen molar-refractivity contribution in [1.82, 2.24) is 9.80 Å². The minimum atomic E-state index is -0.588. The van der Waals surface area contributed by atoms with Gasteiger partial charge in [-0.15, -0.1) is 0 Å². The van der Waals surface area contributed by atoms with Crippen LogP contribution in [0.4, 0.5) is 4.79 Å². The van der Waals surface area contributed by atoms with Crippen LogP contribution in [-0.2, 0) is 9.53 Å². The number of fused-ring (bicyclic) bond motifs is 1. The summed E-state index contributed by atoms with van der Waals surface area (Å²) >= 11 is 0. The Balaban J connectivity index is 1.67. The second kappa shape index (κ2) is 7.66. The van der Waals surface area contributed by atoms with E-state index in [2.05, 4.69) is 0 Å². The third-order valence-electron chi connectivity index (χ3n) is 4.60. The van der Waals surface area contributed by atoms with E-state index in [0.717, 1.165) is 29.9 Å². The van der Waals surface area contributed by atoms with Crippen molar-refractivity contribution >= 4 is 12.0 Å². The average molecular weight is 376 g/mol. The standard InChI is InChI=1S/C20H28N2O5/c1-20(2,3)27-19(24)21(4)13-18(23)22-9-5-6-15(22)14-7-8-16-17(12-14)26-11-10-25-16/h7-8,12,15H,5-6,9-11,13H2,1-4H3. The number of amides is 2. The molecule has 0 aromatic heterocycles. The Morgan fingerprint density at radius 3 is 2.63 bits per heavy atom. The Labute approximate surface area is 160 Å². The van der Waals surface area contributed by atoms with E-state index in [9.17, 15) is 9.59 Å². The Hall–Kier alpha value is -2.44. The van der Waals surface area contributed by atoms with Crippen molar-refractivity contribution in [2.75, 3.05) is 33.4 Å². The van der Waals surface area contributed by atoms with E-state index in [1.54, 1.807) is 27.8 Å². The topological polar surface area (TPSA) is 68.3 Å². The number of hydrogen-bond donors (Lipinski definition) is 0. The molecule has 0 bridgehead atoms. The number of carbonyl (C=O) groups excluding carboxylic acids is 2. The van der Waals surface area contributed by atoms with Gasteiger partial charge in [0, 0.05) is 13.6 Å². The van der Waals surface area contributed by atoms with Crippen LogP contribution < -0.4 is 9.47 Å². The van der Waals surface area contributed by atoms with Crippen molar-refractivity contribution in [3.8, 4) is 11.5 Å². The molecule has 0 saturated carbocycles. The van der Waals surface area contributed by atoms with Crippen LogP contribution in [0.3, 0.4) is 0 Å². The molecule has 1 aromatic rings. The highest BCUT2D eigenvalue weighted by molar-refractivity contribution is 5.83. The maximum Gasteiger partial charge on any atom is 0.410 e. The fourth-order valence-corrected chi connectivity index (χ4v) is 3.38. The van der Waals surface area contributed by atoms with Gasteiger partial charge in [0.25, 0.3) is 0 Å². The fraction of sp³-hybridized carbons (Fsp3) is 0.600. The first-order chi connectivity index (χ1) is 12.7. The number of nitrogens with zero attached hydrogens (tertiary/aromatic N) is 2. The van der Waals surface area contributed by atoms with E-state index < -0.39 is 11.7 Å². The zero-order chi connectivity index (χ0) is 19.6. The molecule has 3 rings (SSSR count). The summed E-state index contributed by atoms with van der Waals surface area (Å²) in [6.45, 7) is 7.18. The monoisotopic (exact) mass is 376 g/mol. The van der Waals surface area contributed by atoms with Crippen molar-refractivity contribution < 1.29 is 23.8 Å². The van der Waals surface area contributed by atoms with E-state index in [1.165, 1.54) is 4.90 Å². The van der Waals surface area contributed by atoms with Gasteiger partial charge in [-0.2, -0.15) is 0 Å². The van der Waals surface area contributed by atoms with Gasteiger partial charge in [0.2, 0.25) is 5.91 Å². The lowest BCUT2D eigenvalue weighted by Crippen LogP contribution is -2.42. The SMILES string of the molecule is CN(CC(=O)N1CCCC1c1ccc2c(c1)OCCO2)C(=O)OC(C)(C)C. The first kappa shape index (κ1) is 19.3. The molecular weight excluding hydrogens is 348 g/mol. The Morgan fingerprint density at radius 1 is 1.22 bits per heavy atom. The minimum Gasteiger partial charge on any atom is -0.486 e. The summed E-state index contributed by atoms with van der Waals surface area (Å²) in [6, 6.07) is 5.83. The van der Waals surface area contributed by atoms with Gasteiger partial charge in [0.1, 0.15) is 25.4 Å². The molecule has 7 nitrogen and oxygen atoms in total. The molecule has 2 amide bonds. The van der Waals surface area contributed by atoms with E-state index in [4.69, 9.17) is 14.2 Å². The molecule has 1 saturated heterocycles. The Bertz CT molecular complexity index is 713. The predicted octanol–water partition coefficient (Wildman–Crippen LogP) is 2.99. The number of carbonyl (C=O) groups is 2. The molecule has 2 heterocycles. The largest absolute Gasteiger partial charge is 0.486 e. The molecule has 2 aliphatic heterocycles. The molecule has 1 unspecified atom stereocenters. The molecule has 1 fully saturated rings. The number of benzene rings is 1. The summed E-state index contributed by atoms with van der Waals surface area (Å²) in [5.74, 6) is 1.38. The average Bonchev–Trinajstić information content (AvgIpc) is 3.09. The fourth-order valence-electron chi connectivity index (χ4n) is 3.38. The highest BCUT2D eigenvalue weighted by Gasteiger charge is 2.32. The lowest BCUT2D eigenvalue weighted by molar-refractivity contribution is -0.133. The first-order valence-electron chi connectivity index (χ1n) is 9.38. The quantitative estimate of drug-likeness (QED) is 0.811. The number of ether oxygens (including phenoxy) is 3. The zero-order valence-corrected chi connectivity index (χ0v) is 16.5. The van der Waals surface area contributed by atoms with Crippen LogP contribution >= 0.6 is 0 Å². The number of rotatable bonds is 3. The van der Waals surface area contributed by atoms with Crippen LogP contribution in [0.2, 0.25) is 0 Å². The molecular formula is C20H28N2O5. The molecule has 2 aliphatic rings. The second-order valence-electron chi connectivity index (χ2n) is 7.98. The van der Waals surface area contributed by atoms with Crippen LogP contribution in [0.5, 0.6) is 11.5 Å². The van der Waals surface area contributed by atoms with Crippen LogP contribution in [0.1, 0.15) is 45.2 Å². The number of likely N-dealkylation sites (tertiary alicyclic amines) is 1. The molecule has 0 N–H and O–H groups in total. The highest BCUT2D eigenvalue weighted by Crippen LogP contribution is 2.38. The van der Waals surface area contributed by atoms with Gasteiger partial charge in [0.15, 0.2) is 11.5 Å². The first-order valence-corrected chi connectivity index (χ1v) is 9.38. The maximum absolute atomic E-state index is 12.8. The van der Waals surface area contributed by atoms with E-state index in [1.807, 2.05) is 23.1 Å². The van der Waals surface area contributed by atoms with Crippen LogP contribution in [0.15, 0.2) is 18.2 Å². The third kappa shape index (κ3) is 4.64. The van der Waals surface area contributed by atoms with E-state index >= 15 is 0 Å². The van der Waals surface area contributed by atoms with Gasteiger partial charge in [-0.25, -0.2) is 4.79 Å². The van der Waals surface area contributed by atoms with Crippen molar-refractivity contribution in [3.05, 3.63) is 23.8 Å². The second-order valence-corrected chi connectivity index (χ2v) is 7.98. The summed E-state index contributed by atoms with van der Waals surface area (Å²) in [5.41, 5.74) is 0.445. The lowest BCUT2D eigenvalue weighted by Gasteiger charge is -2.29. The molecule has 148 valence electrons. The van der Waals surface area contributed by atoms with Crippen LogP contribution in [-0.4, -0.2) is 60.8 Å². The predicted molar refractivity (Wildman–Crippen MR) is 100.0 cm³/mol. The molecule has 1 aromatic carbocycles. The Morgan fingerprint density at radius 2 is 1.93 bits per heavy atom. The lowest BCUT2D eigenvalue weighted by atomic mass is 10.0. The van der Waals surface area contributed by atoms with Gasteiger partial charge < -0.3 is 24.0 Å². The third-order valence-corrected chi connectivity index (χ3v) is 4.60. The zero-order valence-electron chi connectivity index (χ0n) is 16.5. The molecule has 27 heavy (non-hydrogen) atoms. The van der Waals surface area contributed by atoms with Gasteiger partial charge in [-0.3, -0.25) is 4.79 Å². The molecule has 7 heteroatoms. The Kier molecular flexibility index (Phi) is 5.48. The molecule has 1 atom stereocenters. The van der Waals surface area contributed by atoms with Crippen molar-refractivity contribution in [3.63, 3.8) is 0 Å². The summed E-state index contributed by atoms with van der Waals surface area (Å²) in [4.78, 5) is 28.1. The van der Waals surface area contributed by atoms with Gasteiger partial charge in [-0.05, 0) is 51.3 Å². The normalized spacial score (nSPS) is 19.0. The summed E-state index contributed by atoms with van der Waals surface area (Å²) in [6.07, 6.45) is 1.33. The summed E-state index contributed by atoms with van der Waals surface area (Å²) < 4.78 is 16.6. The minimum absolute atomic E-state index is 0.00400. The maximum atomic E-state index is 12.8. The molecule has 0 aliphatic carbocycles. The summed E-state index contributed by atoms with van der Waals surface area (Å²) in [7, 11) is 1.58. The van der Waals surface area contributed by atoms with Crippen molar-refractivity contribution in [2.45, 2.75) is 45.3 Å². The molecule has 0 radical (unpaired) electrons. The number of likely N-dealkylation sites (N-methyl/N-ethyl adjacent to an activating group) is 1. The van der Waals surface area contributed by atoms with Crippen LogP contribution in [0.25, 0.3) is 0 Å².